The quantitative estimate of drug-likeness (QED) is 0.343. The molecule has 2 aliphatic heterocycles. The number of sulfonamides is 1. The molecule has 0 spiro atoms. The van der Waals surface area contributed by atoms with Gasteiger partial charge in [0.1, 0.15) is 5.76 Å². The third-order valence-corrected chi connectivity index (χ3v) is 8.43. The number of benzene rings is 2. The van der Waals surface area contributed by atoms with Crippen LogP contribution in [-0.4, -0.2) is 92.8 Å². The van der Waals surface area contributed by atoms with Gasteiger partial charge in [-0.2, -0.15) is 0 Å². The van der Waals surface area contributed by atoms with Gasteiger partial charge in [-0.1, -0.05) is 29.8 Å². The number of aliphatic hydroxyl groups excluding tert-OH is 1. The molecule has 0 radical (unpaired) electrons. The van der Waals surface area contributed by atoms with E-state index < -0.39 is 27.8 Å². The summed E-state index contributed by atoms with van der Waals surface area (Å²) in [5.74, 6) is -1.76. The van der Waals surface area contributed by atoms with Crippen molar-refractivity contribution in [2.45, 2.75) is 17.9 Å². The molecule has 36 heavy (non-hydrogen) atoms. The second kappa shape index (κ2) is 10.5. The number of ether oxygens (including phenoxy) is 1. The molecule has 1 atom stereocenters. The Morgan fingerprint density at radius 3 is 2.19 bits per heavy atom. The normalized spacial score (nSPS) is 20.9. The van der Waals surface area contributed by atoms with Crippen LogP contribution < -0.4 is 0 Å². The van der Waals surface area contributed by atoms with E-state index in [2.05, 4.69) is 4.90 Å². The number of hydrogen-bond acceptors (Lipinski definition) is 7. The van der Waals surface area contributed by atoms with Crippen LogP contribution in [0.15, 0.2) is 59.0 Å². The van der Waals surface area contributed by atoms with E-state index in [0.717, 1.165) is 28.5 Å². The van der Waals surface area contributed by atoms with E-state index in [1.807, 2.05) is 31.2 Å². The van der Waals surface area contributed by atoms with Crippen molar-refractivity contribution >= 4 is 27.5 Å². The maximum atomic E-state index is 13.2. The molecule has 1 unspecified atom stereocenters. The van der Waals surface area contributed by atoms with Gasteiger partial charge in [0.15, 0.2) is 0 Å². The fourth-order valence-electron chi connectivity index (χ4n) is 4.43. The summed E-state index contributed by atoms with van der Waals surface area (Å²) in [6.07, 6.45) is 0. The van der Waals surface area contributed by atoms with Crippen molar-refractivity contribution in [2.75, 3.05) is 53.5 Å². The summed E-state index contributed by atoms with van der Waals surface area (Å²) in [6, 6.07) is 12.4. The van der Waals surface area contributed by atoms with Crippen molar-refractivity contribution in [3.63, 3.8) is 0 Å². The van der Waals surface area contributed by atoms with Crippen LogP contribution in [0.2, 0.25) is 0 Å². The van der Waals surface area contributed by atoms with Crippen LogP contribution in [0.1, 0.15) is 22.7 Å². The molecular weight excluding hydrogens is 482 g/mol. The van der Waals surface area contributed by atoms with Gasteiger partial charge in [-0.05, 0) is 36.8 Å². The number of rotatable bonds is 7. The second-order valence-electron chi connectivity index (χ2n) is 9.17. The standard InChI is InChI=1S/C26H31N3O6S/c1-18-4-6-19(7-5-18)23-22(24(30)20-8-10-21(11-9-20)36(33,34)27(2)3)25(31)26(32)29(23)13-12-28-14-16-35-17-15-28/h4-11,23,30H,12-17H2,1-3H3/b24-22-. The Kier molecular flexibility index (Phi) is 7.60. The number of aliphatic hydroxyl groups is 1. The monoisotopic (exact) mass is 513 g/mol. The van der Waals surface area contributed by atoms with E-state index in [0.29, 0.717) is 26.3 Å². The van der Waals surface area contributed by atoms with Crippen molar-refractivity contribution in [1.82, 2.24) is 14.1 Å². The molecule has 2 aromatic carbocycles. The molecule has 10 heteroatoms. The fraction of sp³-hybridized carbons (Fsp3) is 0.385. The lowest BCUT2D eigenvalue weighted by Crippen LogP contribution is -2.42. The van der Waals surface area contributed by atoms with Gasteiger partial charge in [0.05, 0.1) is 29.7 Å². The molecule has 4 rings (SSSR count). The molecule has 9 nitrogen and oxygen atoms in total. The van der Waals surface area contributed by atoms with E-state index in [-0.39, 0.29) is 21.8 Å². The Bertz CT molecular complexity index is 1260. The summed E-state index contributed by atoms with van der Waals surface area (Å²) in [4.78, 5) is 30.1. The fourth-order valence-corrected chi connectivity index (χ4v) is 5.33. The Hall–Kier alpha value is -3.05. The third kappa shape index (κ3) is 5.08. The number of ketones is 1. The van der Waals surface area contributed by atoms with Gasteiger partial charge in [-0.15, -0.1) is 0 Å². The Morgan fingerprint density at radius 1 is 1.00 bits per heavy atom. The number of hydrogen-bond donors (Lipinski definition) is 1. The number of aryl methyl sites for hydroxylation is 1. The van der Waals surface area contributed by atoms with Crippen LogP contribution in [0.4, 0.5) is 0 Å². The third-order valence-electron chi connectivity index (χ3n) is 6.60. The van der Waals surface area contributed by atoms with Crippen molar-refractivity contribution in [3.8, 4) is 0 Å². The highest BCUT2D eigenvalue weighted by Crippen LogP contribution is 2.39. The first-order valence-electron chi connectivity index (χ1n) is 11.8. The van der Waals surface area contributed by atoms with Gasteiger partial charge in [-0.25, -0.2) is 12.7 Å². The average Bonchev–Trinajstić information content (AvgIpc) is 3.13. The Balaban J connectivity index is 1.72. The first-order valence-corrected chi connectivity index (χ1v) is 13.2. The maximum absolute atomic E-state index is 13.2. The minimum absolute atomic E-state index is 0.00551. The summed E-state index contributed by atoms with van der Waals surface area (Å²) < 4.78 is 31.3. The van der Waals surface area contributed by atoms with E-state index in [1.54, 1.807) is 0 Å². The molecule has 192 valence electrons. The smallest absolute Gasteiger partial charge is 0.295 e. The van der Waals surface area contributed by atoms with Gasteiger partial charge in [0.2, 0.25) is 10.0 Å². The van der Waals surface area contributed by atoms with E-state index in [4.69, 9.17) is 4.74 Å². The van der Waals surface area contributed by atoms with Crippen molar-refractivity contribution in [2.24, 2.45) is 0 Å². The molecule has 0 saturated carbocycles. The summed E-state index contributed by atoms with van der Waals surface area (Å²) in [6.45, 7) is 5.60. The van der Waals surface area contributed by atoms with Crippen LogP contribution >= 0.6 is 0 Å². The highest BCUT2D eigenvalue weighted by atomic mass is 32.2. The molecule has 0 aliphatic carbocycles. The zero-order valence-corrected chi connectivity index (χ0v) is 21.5. The number of morpholine rings is 1. The minimum atomic E-state index is -3.65. The minimum Gasteiger partial charge on any atom is -0.507 e. The number of carbonyl (C=O) groups is 2. The average molecular weight is 514 g/mol. The lowest BCUT2D eigenvalue weighted by atomic mass is 9.95. The summed E-state index contributed by atoms with van der Waals surface area (Å²) in [7, 11) is -0.782. The number of carbonyl (C=O) groups excluding carboxylic acids is 2. The zero-order chi connectivity index (χ0) is 26.0. The van der Waals surface area contributed by atoms with Gasteiger partial charge >= 0.3 is 0 Å². The lowest BCUT2D eigenvalue weighted by molar-refractivity contribution is -0.140. The van der Waals surface area contributed by atoms with Crippen LogP contribution in [0.25, 0.3) is 5.76 Å². The number of Topliss-reactive ketones (excluding diaryl/α,β-unsaturated/α-hetero) is 1. The Labute approximate surface area is 211 Å². The zero-order valence-electron chi connectivity index (χ0n) is 20.7. The molecule has 0 bridgehead atoms. The molecular formula is C26H31N3O6S. The highest BCUT2D eigenvalue weighted by Gasteiger charge is 2.46. The van der Waals surface area contributed by atoms with Crippen LogP contribution in [0, 0.1) is 6.92 Å². The van der Waals surface area contributed by atoms with Gasteiger partial charge in [0, 0.05) is 45.8 Å². The molecule has 2 fully saturated rings. The van der Waals surface area contributed by atoms with Gasteiger partial charge < -0.3 is 14.7 Å². The summed E-state index contributed by atoms with van der Waals surface area (Å²) >= 11 is 0. The molecule has 2 heterocycles. The van der Waals surface area contributed by atoms with E-state index >= 15 is 0 Å². The van der Waals surface area contributed by atoms with Crippen molar-refractivity contribution in [1.29, 1.82) is 0 Å². The van der Waals surface area contributed by atoms with Gasteiger partial charge in [-0.3, -0.25) is 14.5 Å². The summed E-state index contributed by atoms with van der Waals surface area (Å²) in [5, 5.41) is 11.2. The number of amides is 1. The molecule has 2 aromatic rings. The first-order chi connectivity index (χ1) is 17.1. The largest absolute Gasteiger partial charge is 0.507 e. The number of likely N-dealkylation sites (tertiary alicyclic amines) is 1. The molecule has 1 amide bonds. The van der Waals surface area contributed by atoms with Crippen LogP contribution in [0.3, 0.4) is 0 Å². The van der Waals surface area contributed by atoms with Crippen LogP contribution in [0.5, 0.6) is 0 Å². The second-order valence-corrected chi connectivity index (χ2v) is 11.3. The SMILES string of the molecule is Cc1ccc(C2/C(=C(/O)c3ccc(S(=O)(=O)N(C)C)cc3)C(=O)C(=O)N2CCN2CCOCC2)cc1. The Morgan fingerprint density at radius 2 is 1.61 bits per heavy atom. The summed E-state index contributed by atoms with van der Waals surface area (Å²) in [5.41, 5.74) is 2.00. The van der Waals surface area contributed by atoms with Crippen LogP contribution in [-0.2, 0) is 24.3 Å². The predicted octanol–water partition coefficient (Wildman–Crippen LogP) is 2.00. The molecule has 0 aromatic heterocycles. The lowest BCUT2D eigenvalue weighted by Gasteiger charge is -2.31. The maximum Gasteiger partial charge on any atom is 0.295 e. The van der Waals surface area contributed by atoms with E-state index in [9.17, 15) is 23.1 Å². The molecule has 2 saturated heterocycles. The van der Waals surface area contributed by atoms with Gasteiger partial charge in [0.25, 0.3) is 11.7 Å². The highest BCUT2D eigenvalue weighted by molar-refractivity contribution is 7.89. The van der Waals surface area contributed by atoms with Crippen molar-refractivity contribution in [3.05, 3.63) is 70.8 Å². The van der Waals surface area contributed by atoms with Crippen molar-refractivity contribution < 1.29 is 27.9 Å². The molecule has 2 aliphatic rings. The molecule has 1 N–H and O–H groups in total. The number of nitrogens with zero attached hydrogens (tertiary/aromatic N) is 3. The van der Waals surface area contributed by atoms with E-state index in [1.165, 1.54) is 43.3 Å². The topological polar surface area (TPSA) is 107 Å². The predicted molar refractivity (Wildman–Crippen MR) is 135 cm³/mol. The first kappa shape index (κ1) is 26.0.